The lowest BCUT2D eigenvalue weighted by atomic mass is 10.3. The summed E-state index contributed by atoms with van der Waals surface area (Å²) in [4.78, 5) is 0. The lowest BCUT2D eigenvalue weighted by Gasteiger charge is -2.09. The van der Waals surface area contributed by atoms with Crippen LogP contribution in [0, 0.1) is 5.82 Å². The first-order chi connectivity index (χ1) is 9.76. The van der Waals surface area contributed by atoms with Gasteiger partial charge in [0, 0.05) is 25.0 Å². The first kappa shape index (κ1) is 17.9. The van der Waals surface area contributed by atoms with E-state index in [0.29, 0.717) is 19.6 Å². The third-order valence-electron chi connectivity index (χ3n) is 2.67. The average Bonchev–Trinajstić information content (AvgIpc) is 2.84. The fraction of sp³-hybridized carbons (Fsp3) is 0.385. The number of thioether (sulfide) groups is 1. The van der Waals surface area contributed by atoms with E-state index in [9.17, 15) is 4.39 Å². The second-order valence-electron chi connectivity index (χ2n) is 4.09. The van der Waals surface area contributed by atoms with E-state index in [0.717, 1.165) is 22.4 Å². The predicted molar refractivity (Wildman–Crippen MR) is 83.9 cm³/mol. The third-order valence-corrected chi connectivity index (χ3v) is 3.56. The number of nitrogens with zero attached hydrogens (tertiary/aromatic N) is 3. The highest BCUT2D eigenvalue weighted by Crippen LogP contribution is 2.22. The molecule has 0 aliphatic carbocycles. The van der Waals surface area contributed by atoms with Crippen LogP contribution in [0.1, 0.15) is 5.82 Å². The molecule has 21 heavy (non-hydrogen) atoms. The Morgan fingerprint density at radius 3 is 2.62 bits per heavy atom. The Morgan fingerprint density at radius 1 is 1.29 bits per heavy atom. The number of ether oxygens (including phenoxy) is 1. The van der Waals surface area contributed by atoms with Crippen molar-refractivity contribution in [3.8, 4) is 5.69 Å². The standard InChI is InChI=1S/C13H17FN4OS.ClH/c1-19-8-9-20-13-17-16-12(6-7-15)18(13)11-4-2-10(14)3-5-11;/h2-5H,6-9,15H2,1H3;1H. The van der Waals surface area contributed by atoms with Crippen LogP contribution in [-0.4, -0.2) is 40.8 Å². The first-order valence-electron chi connectivity index (χ1n) is 6.28. The Balaban J connectivity index is 0.00000220. The van der Waals surface area contributed by atoms with Gasteiger partial charge in [-0.3, -0.25) is 4.57 Å². The molecule has 2 rings (SSSR count). The molecule has 0 amide bonds. The molecular formula is C13H18ClFN4OS. The highest BCUT2D eigenvalue weighted by molar-refractivity contribution is 7.99. The van der Waals surface area contributed by atoms with Gasteiger partial charge in [0.15, 0.2) is 5.16 Å². The minimum atomic E-state index is -0.268. The zero-order valence-corrected chi connectivity index (χ0v) is 13.3. The van der Waals surface area contributed by atoms with Gasteiger partial charge in [-0.25, -0.2) is 4.39 Å². The maximum atomic E-state index is 13.0. The molecule has 1 heterocycles. The Bertz CT molecular complexity index is 550. The van der Waals surface area contributed by atoms with Crippen molar-refractivity contribution < 1.29 is 9.13 Å². The number of benzene rings is 1. The van der Waals surface area contributed by atoms with Crippen LogP contribution < -0.4 is 5.73 Å². The lowest BCUT2D eigenvalue weighted by Crippen LogP contribution is -2.09. The molecule has 0 atom stereocenters. The Labute approximate surface area is 133 Å². The lowest BCUT2D eigenvalue weighted by molar-refractivity contribution is 0.218. The minimum absolute atomic E-state index is 0. The van der Waals surface area contributed by atoms with E-state index >= 15 is 0 Å². The van der Waals surface area contributed by atoms with Crippen molar-refractivity contribution in [1.82, 2.24) is 14.8 Å². The predicted octanol–water partition coefficient (Wildman–Crippen LogP) is 2.07. The highest BCUT2D eigenvalue weighted by atomic mass is 35.5. The van der Waals surface area contributed by atoms with Gasteiger partial charge in [0.05, 0.1) is 6.61 Å². The fourth-order valence-corrected chi connectivity index (χ4v) is 2.62. The molecule has 0 aliphatic heterocycles. The molecule has 2 aromatic rings. The van der Waals surface area contributed by atoms with Crippen molar-refractivity contribution in [2.45, 2.75) is 11.6 Å². The molecule has 1 aromatic carbocycles. The molecule has 5 nitrogen and oxygen atoms in total. The number of nitrogens with two attached hydrogens (primary N) is 1. The van der Waals surface area contributed by atoms with Crippen LogP contribution in [0.4, 0.5) is 4.39 Å². The summed E-state index contributed by atoms with van der Waals surface area (Å²) in [6.07, 6.45) is 0.620. The molecule has 0 saturated carbocycles. The summed E-state index contributed by atoms with van der Waals surface area (Å²) >= 11 is 1.55. The molecule has 8 heteroatoms. The SMILES string of the molecule is COCCSc1nnc(CCN)n1-c1ccc(F)cc1.Cl. The summed E-state index contributed by atoms with van der Waals surface area (Å²) in [5, 5.41) is 9.10. The van der Waals surface area contributed by atoms with Crippen LogP contribution in [0.15, 0.2) is 29.4 Å². The van der Waals surface area contributed by atoms with Crippen LogP contribution >= 0.6 is 24.2 Å². The smallest absolute Gasteiger partial charge is 0.195 e. The summed E-state index contributed by atoms with van der Waals surface area (Å²) < 4.78 is 20.0. The quantitative estimate of drug-likeness (QED) is 0.621. The molecule has 116 valence electrons. The van der Waals surface area contributed by atoms with Gasteiger partial charge in [-0.05, 0) is 30.8 Å². The maximum Gasteiger partial charge on any atom is 0.195 e. The van der Waals surface area contributed by atoms with Gasteiger partial charge < -0.3 is 10.5 Å². The molecule has 2 N–H and O–H groups in total. The van der Waals surface area contributed by atoms with Crippen molar-refractivity contribution in [2.75, 3.05) is 26.0 Å². The van der Waals surface area contributed by atoms with E-state index in [1.54, 1.807) is 31.0 Å². The summed E-state index contributed by atoms with van der Waals surface area (Å²) in [7, 11) is 1.66. The van der Waals surface area contributed by atoms with Crippen LogP contribution in [-0.2, 0) is 11.2 Å². The zero-order chi connectivity index (χ0) is 14.4. The Hall–Kier alpha value is -1.15. The van der Waals surface area contributed by atoms with Gasteiger partial charge in [0.1, 0.15) is 11.6 Å². The number of rotatable bonds is 7. The average molecular weight is 333 g/mol. The van der Waals surface area contributed by atoms with E-state index in [1.807, 2.05) is 4.57 Å². The Morgan fingerprint density at radius 2 is 2.00 bits per heavy atom. The van der Waals surface area contributed by atoms with Crippen molar-refractivity contribution in [1.29, 1.82) is 0 Å². The number of halogens is 2. The van der Waals surface area contributed by atoms with Crippen LogP contribution in [0.25, 0.3) is 5.69 Å². The monoisotopic (exact) mass is 332 g/mol. The van der Waals surface area contributed by atoms with Crippen molar-refractivity contribution in [3.05, 3.63) is 35.9 Å². The van der Waals surface area contributed by atoms with Crippen molar-refractivity contribution in [2.24, 2.45) is 5.73 Å². The topological polar surface area (TPSA) is 66.0 Å². The third kappa shape index (κ3) is 4.67. The number of hydrogen-bond acceptors (Lipinski definition) is 5. The molecule has 0 fully saturated rings. The van der Waals surface area contributed by atoms with Crippen molar-refractivity contribution >= 4 is 24.2 Å². The number of aromatic nitrogens is 3. The van der Waals surface area contributed by atoms with E-state index in [4.69, 9.17) is 10.5 Å². The molecule has 0 spiro atoms. The second kappa shape index (κ2) is 8.99. The highest BCUT2D eigenvalue weighted by Gasteiger charge is 2.13. The van der Waals surface area contributed by atoms with Crippen LogP contribution in [0.5, 0.6) is 0 Å². The second-order valence-corrected chi connectivity index (χ2v) is 5.15. The van der Waals surface area contributed by atoms with E-state index in [-0.39, 0.29) is 18.2 Å². The molecule has 0 radical (unpaired) electrons. The summed E-state index contributed by atoms with van der Waals surface area (Å²) in [6, 6.07) is 6.26. The molecule has 1 aromatic heterocycles. The van der Waals surface area contributed by atoms with Crippen LogP contribution in [0.2, 0.25) is 0 Å². The van der Waals surface area contributed by atoms with Crippen LogP contribution in [0.3, 0.4) is 0 Å². The normalized spacial score (nSPS) is 10.4. The summed E-state index contributed by atoms with van der Waals surface area (Å²) in [5.74, 6) is 1.29. The largest absolute Gasteiger partial charge is 0.384 e. The Kier molecular flexibility index (Phi) is 7.66. The van der Waals surface area contributed by atoms with E-state index < -0.39 is 0 Å². The van der Waals surface area contributed by atoms with Gasteiger partial charge >= 0.3 is 0 Å². The number of methoxy groups -OCH3 is 1. The molecule has 0 saturated heterocycles. The molecule has 0 bridgehead atoms. The van der Waals surface area contributed by atoms with Gasteiger partial charge in [-0.15, -0.1) is 22.6 Å². The van der Waals surface area contributed by atoms with E-state index in [1.165, 1.54) is 12.1 Å². The van der Waals surface area contributed by atoms with Gasteiger partial charge in [-0.1, -0.05) is 11.8 Å². The molecular weight excluding hydrogens is 315 g/mol. The van der Waals surface area contributed by atoms with E-state index in [2.05, 4.69) is 10.2 Å². The maximum absolute atomic E-state index is 13.0. The summed E-state index contributed by atoms with van der Waals surface area (Å²) in [5.41, 5.74) is 6.43. The molecule has 0 unspecified atom stereocenters. The number of hydrogen-bond donors (Lipinski definition) is 1. The summed E-state index contributed by atoms with van der Waals surface area (Å²) in [6.45, 7) is 1.12. The van der Waals surface area contributed by atoms with Gasteiger partial charge in [0.25, 0.3) is 0 Å². The van der Waals surface area contributed by atoms with Gasteiger partial charge in [-0.2, -0.15) is 0 Å². The fourth-order valence-electron chi connectivity index (χ4n) is 1.75. The van der Waals surface area contributed by atoms with Gasteiger partial charge in [0.2, 0.25) is 0 Å². The first-order valence-corrected chi connectivity index (χ1v) is 7.27. The van der Waals surface area contributed by atoms with Crippen molar-refractivity contribution in [3.63, 3.8) is 0 Å². The molecule has 0 aliphatic rings. The zero-order valence-electron chi connectivity index (χ0n) is 11.7. The minimum Gasteiger partial charge on any atom is -0.384 e.